The molecule has 1 aromatic rings. The molecule has 1 amide bonds. The monoisotopic (exact) mass is 419 g/mol. The van der Waals surface area contributed by atoms with Crippen molar-refractivity contribution in [2.75, 3.05) is 39.1 Å². The van der Waals surface area contributed by atoms with Crippen LogP contribution >= 0.6 is 0 Å². The molecule has 3 heterocycles. The molecule has 4 rings (SSSR count). The van der Waals surface area contributed by atoms with E-state index in [4.69, 9.17) is 19.9 Å². The number of piperidine rings is 1. The van der Waals surface area contributed by atoms with Crippen LogP contribution in [0, 0.1) is 0 Å². The van der Waals surface area contributed by atoms with Crippen LogP contribution in [-0.2, 0) is 22.6 Å². The van der Waals surface area contributed by atoms with E-state index in [1.54, 1.807) is 4.90 Å². The molecule has 3 aliphatic rings. The molecule has 168 valence electrons. The molecule has 0 aromatic heterocycles. The third-order valence-corrected chi connectivity index (χ3v) is 5.51. The summed E-state index contributed by atoms with van der Waals surface area (Å²) in [7, 11) is 2.13. The number of hydrogen-bond acceptors (Lipinski definition) is 6. The minimum absolute atomic E-state index is 0.233. The van der Waals surface area contributed by atoms with Gasteiger partial charge in [0.2, 0.25) is 0 Å². The van der Waals surface area contributed by atoms with Gasteiger partial charge in [-0.1, -0.05) is 0 Å². The summed E-state index contributed by atoms with van der Waals surface area (Å²) in [5.41, 5.74) is 8.46. The van der Waals surface area contributed by atoms with Crippen molar-refractivity contribution in [2.45, 2.75) is 71.2 Å². The summed E-state index contributed by atoms with van der Waals surface area (Å²) in [6, 6.07) is 3.91. The molecule has 0 spiro atoms. The lowest BCUT2D eigenvalue weighted by Crippen LogP contribution is -2.35. The van der Waals surface area contributed by atoms with Gasteiger partial charge in [0.15, 0.2) is 0 Å². The van der Waals surface area contributed by atoms with Gasteiger partial charge in [-0.25, -0.2) is 4.79 Å². The van der Waals surface area contributed by atoms with E-state index in [9.17, 15) is 4.79 Å². The molecule has 0 atom stereocenters. The lowest BCUT2D eigenvalue weighted by Gasteiger charge is -2.29. The van der Waals surface area contributed by atoms with E-state index in [1.165, 1.54) is 12.8 Å². The second kappa shape index (κ2) is 9.88. The van der Waals surface area contributed by atoms with Crippen molar-refractivity contribution in [1.29, 1.82) is 0 Å². The van der Waals surface area contributed by atoms with Gasteiger partial charge in [-0.3, -0.25) is 4.90 Å². The first-order chi connectivity index (χ1) is 14.2. The van der Waals surface area contributed by atoms with Gasteiger partial charge in [0.25, 0.3) is 0 Å². The Kier molecular flexibility index (Phi) is 7.47. The van der Waals surface area contributed by atoms with E-state index in [0.717, 1.165) is 56.0 Å². The number of nitrogens with zero attached hydrogens (tertiary/aromatic N) is 2. The van der Waals surface area contributed by atoms with Crippen LogP contribution in [-0.4, -0.2) is 60.9 Å². The fraction of sp³-hybridized carbons (Fsp3) is 0.696. The lowest BCUT2D eigenvalue weighted by molar-refractivity contribution is 0.0242. The smallest absolute Gasteiger partial charge is 0.410 e. The highest BCUT2D eigenvalue weighted by molar-refractivity contribution is 5.71. The van der Waals surface area contributed by atoms with Gasteiger partial charge < -0.3 is 24.8 Å². The second-order valence-corrected chi connectivity index (χ2v) is 9.43. The van der Waals surface area contributed by atoms with Gasteiger partial charge >= 0.3 is 6.09 Å². The second-order valence-electron chi connectivity index (χ2n) is 9.43. The molecule has 2 fully saturated rings. The van der Waals surface area contributed by atoms with Crippen LogP contribution < -0.4 is 10.5 Å². The molecule has 0 radical (unpaired) electrons. The number of nitrogens with two attached hydrogens (primary N) is 1. The summed E-state index contributed by atoms with van der Waals surface area (Å²) in [5.74, 6) is 0.803. The Balaban J connectivity index is 0.000000448. The molecule has 2 saturated heterocycles. The Morgan fingerprint density at radius 1 is 1.13 bits per heavy atom. The molecular formula is C23H37N3O4. The average Bonchev–Trinajstić information content (AvgIpc) is 3.35. The van der Waals surface area contributed by atoms with Gasteiger partial charge in [0.05, 0.1) is 6.54 Å². The van der Waals surface area contributed by atoms with Crippen molar-refractivity contribution in [3.8, 4) is 5.75 Å². The number of fused-ring (bicyclic) bond motifs is 1. The fourth-order valence-corrected chi connectivity index (χ4v) is 3.84. The maximum absolute atomic E-state index is 12.3. The number of rotatable bonds is 2. The molecule has 0 saturated carbocycles. The molecule has 7 heteroatoms. The molecular weight excluding hydrogens is 382 g/mol. The van der Waals surface area contributed by atoms with E-state index in [0.29, 0.717) is 18.8 Å². The number of likely N-dealkylation sites (tertiary alicyclic amines) is 1. The van der Waals surface area contributed by atoms with Crippen LogP contribution in [0.2, 0.25) is 0 Å². The van der Waals surface area contributed by atoms with E-state index in [2.05, 4.69) is 11.9 Å². The molecule has 3 aliphatic heterocycles. The normalized spacial score (nSPS) is 19.8. The van der Waals surface area contributed by atoms with Crippen LogP contribution in [0.3, 0.4) is 0 Å². The molecule has 0 bridgehead atoms. The van der Waals surface area contributed by atoms with E-state index >= 15 is 0 Å². The maximum atomic E-state index is 12.3. The molecule has 0 aliphatic carbocycles. The fourth-order valence-electron chi connectivity index (χ4n) is 3.84. The van der Waals surface area contributed by atoms with Crippen molar-refractivity contribution >= 4 is 11.8 Å². The van der Waals surface area contributed by atoms with Crippen molar-refractivity contribution < 1.29 is 19.0 Å². The number of carbonyl (C=O) groups excluding carboxylic acids is 1. The Hall–Kier alpha value is -1.99. The molecule has 1 aromatic carbocycles. The first-order valence-corrected chi connectivity index (χ1v) is 11.0. The van der Waals surface area contributed by atoms with Gasteiger partial charge in [0, 0.05) is 44.6 Å². The number of anilines is 1. The highest BCUT2D eigenvalue weighted by Gasteiger charge is 2.30. The number of carbonyl (C=O) groups is 1. The first-order valence-electron chi connectivity index (χ1n) is 11.0. The zero-order valence-corrected chi connectivity index (χ0v) is 18.9. The standard InChI is InChI=1S/C19H29N3O3.C4H8O/c1-19(2,3)25-18(23)22-11-13-9-15(10-17(20)16(13)12-22)24-14-5-7-21(4)8-6-14;1-2-4-5-3-1/h9-10,14H,5-8,11-12,20H2,1-4H3;1-4H2. The van der Waals surface area contributed by atoms with Crippen molar-refractivity contribution in [3.63, 3.8) is 0 Å². The average molecular weight is 420 g/mol. The lowest BCUT2D eigenvalue weighted by atomic mass is 10.1. The number of hydrogen-bond donors (Lipinski definition) is 1. The van der Waals surface area contributed by atoms with Crippen molar-refractivity contribution in [1.82, 2.24) is 9.80 Å². The van der Waals surface area contributed by atoms with Crippen molar-refractivity contribution in [3.05, 3.63) is 23.3 Å². The van der Waals surface area contributed by atoms with Crippen LogP contribution in [0.15, 0.2) is 12.1 Å². The van der Waals surface area contributed by atoms with E-state index < -0.39 is 5.60 Å². The van der Waals surface area contributed by atoms with Crippen LogP contribution in [0.5, 0.6) is 5.75 Å². The predicted molar refractivity (Wildman–Crippen MR) is 118 cm³/mol. The highest BCUT2D eigenvalue weighted by Crippen LogP contribution is 2.33. The Labute approximate surface area is 180 Å². The summed E-state index contributed by atoms with van der Waals surface area (Å²) < 4.78 is 16.6. The zero-order valence-electron chi connectivity index (χ0n) is 18.9. The molecule has 30 heavy (non-hydrogen) atoms. The SMILES string of the molecule is C1CCOC1.CN1CCC(Oc2cc(N)c3c(c2)CN(C(=O)OC(C)(C)C)C3)CC1. The van der Waals surface area contributed by atoms with E-state index in [-0.39, 0.29) is 12.2 Å². The van der Waals surface area contributed by atoms with E-state index in [1.807, 2.05) is 32.9 Å². The van der Waals surface area contributed by atoms with Gasteiger partial charge in [-0.2, -0.15) is 0 Å². The summed E-state index contributed by atoms with van der Waals surface area (Å²) >= 11 is 0. The third-order valence-electron chi connectivity index (χ3n) is 5.51. The summed E-state index contributed by atoms with van der Waals surface area (Å²) in [6.07, 6.45) is 4.53. The molecule has 0 unspecified atom stereocenters. The van der Waals surface area contributed by atoms with Gasteiger partial charge in [0.1, 0.15) is 17.5 Å². The largest absolute Gasteiger partial charge is 0.490 e. The van der Waals surface area contributed by atoms with Crippen LogP contribution in [0.25, 0.3) is 0 Å². The molecule has 7 nitrogen and oxygen atoms in total. The van der Waals surface area contributed by atoms with Crippen molar-refractivity contribution in [2.24, 2.45) is 0 Å². The number of amides is 1. The van der Waals surface area contributed by atoms with Crippen LogP contribution in [0.1, 0.15) is 57.6 Å². The zero-order chi connectivity index (χ0) is 21.7. The van der Waals surface area contributed by atoms with Gasteiger partial charge in [-0.15, -0.1) is 0 Å². The predicted octanol–water partition coefficient (Wildman–Crippen LogP) is 3.79. The third kappa shape index (κ3) is 6.51. The number of ether oxygens (including phenoxy) is 3. The minimum Gasteiger partial charge on any atom is -0.490 e. The maximum Gasteiger partial charge on any atom is 0.410 e. The summed E-state index contributed by atoms with van der Waals surface area (Å²) in [6.45, 7) is 10.7. The summed E-state index contributed by atoms with van der Waals surface area (Å²) in [5, 5.41) is 0. The first kappa shape index (κ1) is 22.7. The number of benzene rings is 1. The Morgan fingerprint density at radius 3 is 2.37 bits per heavy atom. The number of nitrogen functional groups attached to an aromatic ring is 1. The topological polar surface area (TPSA) is 77.3 Å². The quantitative estimate of drug-likeness (QED) is 0.735. The minimum atomic E-state index is -0.500. The van der Waals surface area contributed by atoms with Crippen LogP contribution in [0.4, 0.5) is 10.5 Å². The Bertz CT molecular complexity index is 712. The molecule has 2 N–H and O–H groups in total. The summed E-state index contributed by atoms with van der Waals surface area (Å²) in [4.78, 5) is 16.3. The highest BCUT2D eigenvalue weighted by atomic mass is 16.6. The van der Waals surface area contributed by atoms with Gasteiger partial charge in [-0.05, 0) is 70.7 Å². The Morgan fingerprint density at radius 2 is 1.80 bits per heavy atom.